The van der Waals surface area contributed by atoms with Gasteiger partial charge in [-0.05, 0) is 65.3 Å². The standard InChI is InChI=1S/C15H31NO2S/c1-5-11-16-14(13-9-10-13)8-6-7-12-19(17,18)15(2,3)4/h13-14,16H,5-12H2,1-4H3. The summed E-state index contributed by atoms with van der Waals surface area (Å²) in [7, 11) is -2.94. The molecule has 0 aromatic rings. The third-order valence-electron chi connectivity index (χ3n) is 3.96. The molecular weight excluding hydrogens is 258 g/mol. The van der Waals surface area contributed by atoms with Gasteiger partial charge in [0.15, 0.2) is 9.84 Å². The highest BCUT2D eigenvalue weighted by Gasteiger charge is 2.31. The molecule has 1 atom stereocenters. The normalized spacial score (nSPS) is 18.5. The maximum absolute atomic E-state index is 12.0. The lowest BCUT2D eigenvalue weighted by Gasteiger charge is -2.20. The summed E-state index contributed by atoms with van der Waals surface area (Å²) in [6, 6.07) is 0.622. The molecule has 114 valence electrons. The molecule has 1 unspecified atom stereocenters. The summed E-state index contributed by atoms with van der Waals surface area (Å²) in [6.07, 6.45) is 6.82. The van der Waals surface area contributed by atoms with E-state index in [1.54, 1.807) is 20.8 Å². The molecular formula is C15H31NO2S. The van der Waals surface area contributed by atoms with Crippen LogP contribution in [0.4, 0.5) is 0 Å². The van der Waals surface area contributed by atoms with Crippen LogP contribution < -0.4 is 5.32 Å². The Labute approximate surface area is 119 Å². The Hall–Kier alpha value is -0.0900. The molecule has 1 rings (SSSR count). The van der Waals surface area contributed by atoms with E-state index >= 15 is 0 Å². The quantitative estimate of drug-likeness (QED) is 0.663. The first kappa shape index (κ1) is 17.0. The molecule has 3 nitrogen and oxygen atoms in total. The predicted octanol–water partition coefficient (Wildman–Crippen LogP) is 3.15. The fraction of sp³-hybridized carbons (Fsp3) is 1.00. The Kier molecular flexibility index (Phi) is 6.31. The minimum Gasteiger partial charge on any atom is -0.314 e. The van der Waals surface area contributed by atoms with Crippen molar-refractivity contribution >= 4 is 9.84 Å². The van der Waals surface area contributed by atoms with Gasteiger partial charge in [0.25, 0.3) is 0 Å². The van der Waals surface area contributed by atoms with E-state index < -0.39 is 14.6 Å². The van der Waals surface area contributed by atoms with Gasteiger partial charge in [-0.2, -0.15) is 0 Å². The fourth-order valence-electron chi connectivity index (χ4n) is 2.30. The Morgan fingerprint density at radius 3 is 2.32 bits per heavy atom. The van der Waals surface area contributed by atoms with Crippen molar-refractivity contribution in [1.29, 1.82) is 0 Å². The van der Waals surface area contributed by atoms with Crippen molar-refractivity contribution in [2.75, 3.05) is 12.3 Å². The van der Waals surface area contributed by atoms with Gasteiger partial charge in [-0.15, -0.1) is 0 Å². The van der Waals surface area contributed by atoms with Gasteiger partial charge in [-0.25, -0.2) is 8.42 Å². The average Bonchev–Trinajstić information content (AvgIpc) is 3.10. The minimum atomic E-state index is -2.94. The van der Waals surface area contributed by atoms with E-state index in [1.807, 2.05) is 0 Å². The minimum absolute atomic E-state index is 0.335. The van der Waals surface area contributed by atoms with Crippen LogP contribution in [0.1, 0.15) is 66.2 Å². The molecule has 0 bridgehead atoms. The van der Waals surface area contributed by atoms with Crippen molar-refractivity contribution in [2.45, 2.75) is 77.0 Å². The van der Waals surface area contributed by atoms with Crippen LogP contribution >= 0.6 is 0 Å². The smallest absolute Gasteiger partial charge is 0.155 e. The molecule has 0 aliphatic heterocycles. The van der Waals surface area contributed by atoms with Gasteiger partial charge in [-0.3, -0.25) is 0 Å². The second-order valence-electron chi connectivity index (χ2n) is 6.83. The fourth-order valence-corrected chi connectivity index (χ4v) is 3.49. The highest BCUT2D eigenvalue weighted by Crippen LogP contribution is 2.34. The maximum atomic E-state index is 12.0. The summed E-state index contributed by atoms with van der Waals surface area (Å²) in [5, 5.41) is 3.61. The molecule has 0 radical (unpaired) electrons. The van der Waals surface area contributed by atoms with Gasteiger partial charge < -0.3 is 5.32 Å². The molecule has 4 heteroatoms. The van der Waals surface area contributed by atoms with Crippen molar-refractivity contribution in [3.63, 3.8) is 0 Å². The first-order valence-corrected chi connectivity index (χ1v) is 9.39. The van der Waals surface area contributed by atoms with Gasteiger partial charge in [0.2, 0.25) is 0 Å². The van der Waals surface area contributed by atoms with E-state index in [-0.39, 0.29) is 0 Å². The number of nitrogens with one attached hydrogen (secondary N) is 1. The van der Waals surface area contributed by atoms with E-state index in [1.165, 1.54) is 19.3 Å². The molecule has 19 heavy (non-hydrogen) atoms. The van der Waals surface area contributed by atoms with Gasteiger partial charge in [-0.1, -0.05) is 13.3 Å². The van der Waals surface area contributed by atoms with Crippen LogP contribution in [0.2, 0.25) is 0 Å². The molecule has 0 amide bonds. The molecule has 0 aromatic heterocycles. The van der Waals surface area contributed by atoms with Crippen molar-refractivity contribution in [3.8, 4) is 0 Å². The third-order valence-corrected chi connectivity index (χ3v) is 6.65. The molecule has 1 aliphatic rings. The highest BCUT2D eigenvalue weighted by molar-refractivity contribution is 7.92. The van der Waals surface area contributed by atoms with Crippen molar-refractivity contribution in [1.82, 2.24) is 5.32 Å². The second kappa shape index (κ2) is 7.07. The van der Waals surface area contributed by atoms with Gasteiger partial charge in [0.05, 0.1) is 10.5 Å². The molecule has 0 spiro atoms. The Balaban J connectivity index is 2.25. The van der Waals surface area contributed by atoms with Crippen molar-refractivity contribution in [3.05, 3.63) is 0 Å². The van der Waals surface area contributed by atoms with E-state index in [0.29, 0.717) is 11.8 Å². The summed E-state index contributed by atoms with van der Waals surface area (Å²) in [4.78, 5) is 0. The van der Waals surface area contributed by atoms with Crippen LogP contribution in [0.15, 0.2) is 0 Å². The average molecular weight is 289 g/mol. The van der Waals surface area contributed by atoms with Gasteiger partial charge >= 0.3 is 0 Å². The summed E-state index contributed by atoms with van der Waals surface area (Å²) < 4.78 is 23.4. The van der Waals surface area contributed by atoms with Crippen LogP contribution in [0.3, 0.4) is 0 Å². The molecule has 1 saturated carbocycles. The molecule has 1 fully saturated rings. The summed E-state index contributed by atoms with van der Waals surface area (Å²) in [5.74, 6) is 1.19. The van der Waals surface area contributed by atoms with Gasteiger partial charge in [0.1, 0.15) is 0 Å². The lowest BCUT2D eigenvalue weighted by Crippen LogP contribution is -2.32. The molecule has 1 N–H and O–H groups in total. The van der Waals surface area contributed by atoms with Crippen LogP contribution in [-0.2, 0) is 9.84 Å². The van der Waals surface area contributed by atoms with Crippen LogP contribution in [0.25, 0.3) is 0 Å². The lowest BCUT2D eigenvalue weighted by atomic mass is 10.1. The number of hydrogen-bond donors (Lipinski definition) is 1. The number of hydrogen-bond acceptors (Lipinski definition) is 3. The van der Waals surface area contributed by atoms with E-state index in [0.717, 1.165) is 31.7 Å². The van der Waals surface area contributed by atoms with Crippen molar-refractivity contribution < 1.29 is 8.42 Å². The zero-order chi connectivity index (χ0) is 14.5. The Morgan fingerprint density at radius 2 is 1.84 bits per heavy atom. The van der Waals surface area contributed by atoms with Crippen molar-refractivity contribution in [2.24, 2.45) is 5.92 Å². The molecule has 0 saturated heterocycles. The highest BCUT2D eigenvalue weighted by atomic mass is 32.2. The summed E-state index contributed by atoms with van der Waals surface area (Å²) >= 11 is 0. The van der Waals surface area contributed by atoms with Crippen LogP contribution in [-0.4, -0.2) is 31.5 Å². The molecule has 1 aliphatic carbocycles. The largest absolute Gasteiger partial charge is 0.314 e. The Bertz CT molecular complexity index is 353. The van der Waals surface area contributed by atoms with Crippen LogP contribution in [0, 0.1) is 5.92 Å². The Morgan fingerprint density at radius 1 is 1.21 bits per heavy atom. The van der Waals surface area contributed by atoms with E-state index in [4.69, 9.17) is 0 Å². The summed E-state index contributed by atoms with van der Waals surface area (Å²) in [6.45, 7) is 8.64. The van der Waals surface area contributed by atoms with Gasteiger partial charge in [0, 0.05) is 6.04 Å². The zero-order valence-corrected chi connectivity index (χ0v) is 13.9. The first-order valence-electron chi connectivity index (χ1n) is 7.73. The van der Waals surface area contributed by atoms with E-state index in [2.05, 4.69) is 12.2 Å². The number of rotatable bonds is 9. The molecule has 0 aromatic carbocycles. The van der Waals surface area contributed by atoms with Crippen LogP contribution in [0.5, 0.6) is 0 Å². The monoisotopic (exact) mass is 289 g/mol. The van der Waals surface area contributed by atoms with E-state index in [9.17, 15) is 8.42 Å². The number of sulfone groups is 1. The SMILES string of the molecule is CCCNC(CCCCS(=O)(=O)C(C)(C)C)C1CC1. The molecule has 0 heterocycles. The first-order chi connectivity index (χ1) is 8.78. The lowest BCUT2D eigenvalue weighted by molar-refractivity contribution is 0.422. The predicted molar refractivity (Wildman–Crippen MR) is 82.2 cm³/mol. The number of unbranched alkanes of at least 4 members (excludes halogenated alkanes) is 1. The third kappa shape index (κ3) is 5.82. The summed E-state index contributed by atoms with van der Waals surface area (Å²) in [5.41, 5.74) is 0. The zero-order valence-electron chi connectivity index (χ0n) is 13.0. The topological polar surface area (TPSA) is 46.2 Å². The maximum Gasteiger partial charge on any atom is 0.155 e. The second-order valence-corrected chi connectivity index (χ2v) is 9.69.